The zero-order chi connectivity index (χ0) is 15.6. The first kappa shape index (κ1) is 14.2. The van der Waals surface area contributed by atoms with Crippen LogP contribution in [0, 0.1) is 5.82 Å². The molecule has 0 N–H and O–H groups in total. The van der Waals surface area contributed by atoms with Crippen LogP contribution in [0.1, 0.15) is 0 Å². The number of fused-ring (bicyclic) bond motifs is 1. The van der Waals surface area contributed by atoms with Crippen molar-refractivity contribution in [2.75, 3.05) is 0 Å². The number of halogens is 1. The summed E-state index contributed by atoms with van der Waals surface area (Å²) in [6.07, 6.45) is 4.93. The maximum Gasteiger partial charge on any atom is 0.193 e. The van der Waals surface area contributed by atoms with Crippen molar-refractivity contribution in [2.45, 2.75) is 10.2 Å². The lowest BCUT2D eigenvalue weighted by Crippen LogP contribution is -1.89. The van der Waals surface area contributed by atoms with Crippen molar-refractivity contribution in [2.24, 2.45) is 0 Å². The Labute approximate surface area is 139 Å². The number of rotatable bonds is 3. The minimum atomic E-state index is -0.253. The Balaban J connectivity index is 1.85. The fourth-order valence-corrected chi connectivity index (χ4v) is 3.98. The van der Waals surface area contributed by atoms with E-state index in [0.717, 1.165) is 26.4 Å². The third kappa shape index (κ3) is 2.80. The maximum atomic E-state index is 13.2. The molecule has 0 aliphatic carbocycles. The van der Waals surface area contributed by atoms with Crippen LogP contribution in [0.5, 0.6) is 0 Å². The fraction of sp³-hybridized carbons (Fsp3) is 0. The summed E-state index contributed by atoms with van der Waals surface area (Å²) in [5, 5.41) is 4.38. The van der Waals surface area contributed by atoms with Gasteiger partial charge in [-0.1, -0.05) is 12.1 Å². The fourth-order valence-electron chi connectivity index (χ4n) is 2.19. The molecule has 4 rings (SSSR count). The molecule has 0 spiro atoms. The van der Waals surface area contributed by atoms with E-state index in [1.807, 2.05) is 5.38 Å². The molecule has 112 valence electrons. The molecule has 0 saturated carbocycles. The van der Waals surface area contributed by atoms with Gasteiger partial charge < -0.3 is 0 Å². The third-order valence-electron chi connectivity index (χ3n) is 3.22. The highest BCUT2D eigenvalue weighted by atomic mass is 32.2. The number of benzene rings is 1. The van der Waals surface area contributed by atoms with Gasteiger partial charge in [-0.25, -0.2) is 24.3 Å². The Kier molecular flexibility index (Phi) is 3.72. The monoisotopic (exact) mass is 340 g/mol. The van der Waals surface area contributed by atoms with Crippen LogP contribution in [-0.2, 0) is 0 Å². The van der Waals surface area contributed by atoms with Crippen molar-refractivity contribution in [3.63, 3.8) is 0 Å². The van der Waals surface area contributed by atoms with Gasteiger partial charge in [-0.3, -0.25) is 0 Å². The van der Waals surface area contributed by atoms with Crippen molar-refractivity contribution < 1.29 is 4.39 Å². The first-order valence-corrected chi connectivity index (χ1v) is 8.44. The average Bonchev–Trinajstić information content (AvgIpc) is 3.02. The second kappa shape index (κ2) is 6.02. The Morgan fingerprint density at radius 1 is 0.957 bits per heavy atom. The van der Waals surface area contributed by atoms with E-state index in [1.165, 1.54) is 35.2 Å². The summed E-state index contributed by atoms with van der Waals surface area (Å²) in [7, 11) is 0. The summed E-state index contributed by atoms with van der Waals surface area (Å²) in [5.74, 6) is -0.253. The van der Waals surface area contributed by atoms with Gasteiger partial charge in [0.2, 0.25) is 0 Å². The van der Waals surface area contributed by atoms with Crippen LogP contribution < -0.4 is 0 Å². The van der Waals surface area contributed by atoms with Gasteiger partial charge in [-0.05, 0) is 35.5 Å². The van der Waals surface area contributed by atoms with Crippen molar-refractivity contribution in [3.05, 3.63) is 60.3 Å². The van der Waals surface area contributed by atoms with Crippen molar-refractivity contribution >= 4 is 33.3 Å². The van der Waals surface area contributed by atoms with Crippen LogP contribution in [0.4, 0.5) is 4.39 Å². The van der Waals surface area contributed by atoms with E-state index >= 15 is 0 Å². The molecule has 0 aliphatic heterocycles. The first-order chi connectivity index (χ1) is 11.3. The lowest BCUT2D eigenvalue weighted by molar-refractivity contribution is 0.628. The highest BCUT2D eigenvalue weighted by Crippen LogP contribution is 2.39. The first-order valence-electron chi connectivity index (χ1n) is 6.74. The zero-order valence-electron chi connectivity index (χ0n) is 11.7. The Morgan fingerprint density at radius 2 is 1.74 bits per heavy atom. The molecule has 0 atom stereocenters. The minimum Gasteiger partial charge on any atom is -0.231 e. The van der Waals surface area contributed by atoms with Gasteiger partial charge in [-0.2, -0.15) is 0 Å². The van der Waals surface area contributed by atoms with Gasteiger partial charge in [0, 0.05) is 23.3 Å². The topological polar surface area (TPSA) is 51.6 Å². The summed E-state index contributed by atoms with van der Waals surface area (Å²) in [6, 6.07) is 8.20. The van der Waals surface area contributed by atoms with Gasteiger partial charge >= 0.3 is 0 Å². The number of thiophene rings is 1. The van der Waals surface area contributed by atoms with Gasteiger partial charge in [0.25, 0.3) is 0 Å². The van der Waals surface area contributed by atoms with Crippen LogP contribution in [-0.4, -0.2) is 19.9 Å². The molecule has 0 saturated heterocycles. The summed E-state index contributed by atoms with van der Waals surface area (Å²) >= 11 is 2.93. The number of aromatic nitrogens is 4. The quantitative estimate of drug-likeness (QED) is 0.408. The van der Waals surface area contributed by atoms with Crippen LogP contribution in [0.15, 0.2) is 64.6 Å². The molecule has 7 heteroatoms. The molecule has 0 fully saturated rings. The van der Waals surface area contributed by atoms with Gasteiger partial charge in [-0.15, -0.1) is 11.3 Å². The molecule has 4 nitrogen and oxygen atoms in total. The molecule has 0 bridgehead atoms. The standard InChI is InChI=1S/C16H9FN4S2/c17-11-4-2-10(3-5-11)12-8-22-14-13(12)15(21-9-20-14)23-16-18-6-1-7-19-16/h1-9H. The van der Waals surface area contributed by atoms with E-state index < -0.39 is 0 Å². The molecule has 23 heavy (non-hydrogen) atoms. The Bertz CT molecular complexity index is 955. The zero-order valence-corrected chi connectivity index (χ0v) is 13.3. The number of hydrogen-bond donors (Lipinski definition) is 0. The predicted octanol–water partition coefficient (Wildman–Crippen LogP) is 4.44. The summed E-state index contributed by atoms with van der Waals surface area (Å²) in [4.78, 5) is 18.0. The highest BCUT2D eigenvalue weighted by Gasteiger charge is 2.15. The lowest BCUT2D eigenvalue weighted by atomic mass is 10.1. The molecule has 0 radical (unpaired) electrons. The molecule has 1 aromatic carbocycles. The van der Waals surface area contributed by atoms with E-state index in [0.29, 0.717) is 5.16 Å². The van der Waals surface area contributed by atoms with Crippen LogP contribution in [0.25, 0.3) is 21.3 Å². The van der Waals surface area contributed by atoms with E-state index in [1.54, 1.807) is 36.9 Å². The lowest BCUT2D eigenvalue weighted by Gasteiger charge is -2.04. The van der Waals surface area contributed by atoms with Crippen molar-refractivity contribution in [1.29, 1.82) is 0 Å². The normalized spacial score (nSPS) is 11.0. The molecular formula is C16H9FN4S2. The summed E-state index contributed by atoms with van der Waals surface area (Å²) < 4.78 is 13.2. The van der Waals surface area contributed by atoms with Gasteiger partial charge in [0.15, 0.2) is 5.16 Å². The summed E-state index contributed by atoms with van der Waals surface area (Å²) in [6.45, 7) is 0. The Hall–Kier alpha value is -2.38. The molecule has 4 aromatic rings. The molecule has 0 unspecified atom stereocenters. The van der Waals surface area contributed by atoms with Gasteiger partial charge in [0.05, 0.1) is 5.39 Å². The largest absolute Gasteiger partial charge is 0.231 e. The third-order valence-corrected chi connectivity index (χ3v) is 5.00. The number of hydrogen-bond acceptors (Lipinski definition) is 6. The van der Waals surface area contributed by atoms with Crippen molar-refractivity contribution in [3.8, 4) is 11.1 Å². The van der Waals surface area contributed by atoms with Gasteiger partial charge in [0.1, 0.15) is 22.0 Å². The smallest absolute Gasteiger partial charge is 0.193 e. The predicted molar refractivity (Wildman–Crippen MR) is 89.0 cm³/mol. The second-order valence-corrected chi connectivity index (χ2v) is 6.46. The van der Waals surface area contributed by atoms with E-state index in [-0.39, 0.29) is 5.82 Å². The van der Waals surface area contributed by atoms with Crippen molar-refractivity contribution in [1.82, 2.24) is 19.9 Å². The van der Waals surface area contributed by atoms with Crippen LogP contribution >= 0.6 is 23.1 Å². The highest BCUT2D eigenvalue weighted by molar-refractivity contribution is 7.99. The SMILES string of the molecule is Fc1ccc(-c2csc3ncnc(Sc4ncccn4)c23)cc1. The minimum absolute atomic E-state index is 0.253. The van der Waals surface area contributed by atoms with Crippen LogP contribution in [0.3, 0.4) is 0 Å². The number of nitrogens with zero attached hydrogens (tertiary/aromatic N) is 4. The van der Waals surface area contributed by atoms with E-state index in [2.05, 4.69) is 19.9 Å². The molecule has 0 aliphatic rings. The maximum absolute atomic E-state index is 13.2. The molecule has 0 amide bonds. The second-order valence-electron chi connectivity index (χ2n) is 4.65. The van der Waals surface area contributed by atoms with E-state index in [9.17, 15) is 4.39 Å². The Morgan fingerprint density at radius 3 is 2.52 bits per heavy atom. The molecule has 3 aromatic heterocycles. The average molecular weight is 340 g/mol. The molecule has 3 heterocycles. The van der Waals surface area contributed by atoms with Crippen LogP contribution in [0.2, 0.25) is 0 Å². The van der Waals surface area contributed by atoms with E-state index in [4.69, 9.17) is 0 Å². The molecular weight excluding hydrogens is 331 g/mol. The summed E-state index contributed by atoms with van der Waals surface area (Å²) in [5.41, 5.74) is 1.92.